The Bertz CT molecular complexity index is 337. The smallest absolute Gasteiger partial charge is 0.239 e. The second-order valence-corrected chi connectivity index (χ2v) is 5.91. The van der Waals surface area contributed by atoms with Gasteiger partial charge in [0.15, 0.2) is 0 Å². The van der Waals surface area contributed by atoms with Gasteiger partial charge in [-0.3, -0.25) is 14.5 Å². The van der Waals surface area contributed by atoms with Gasteiger partial charge in [0.2, 0.25) is 11.8 Å². The monoisotopic (exact) mass is 285 g/mol. The third-order valence-corrected chi connectivity index (χ3v) is 3.55. The molecule has 1 aliphatic heterocycles. The Balaban J connectivity index is 2.28. The van der Waals surface area contributed by atoms with Crippen LogP contribution in [-0.4, -0.2) is 71.1 Å². The lowest BCUT2D eigenvalue weighted by atomic mass is 10.2. The quantitative estimate of drug-likeness (QED) is 0.680. The average molecular weight is 285 g/mol. The number of nitrogens with zero attached hydrogens (tertiary/aromatic N) is 2. The van der Waals surface area contributed by atoms with Crippen LogP contribution in [0.1, 0.15) is 34.1 Å². The number of carbonyl (C=O) groups is 2. The van der Waals surface area contributed by atoms with E-state index in [1.165, 1.54) is 4.90 Å². The van der Waals surface area contributed by atoms with Crippen molar-refractivity contribution in [1.29, 1.82) is 0 Å². The van der Waals surface area contributed by atoms with E-state index in [9.17, 15) is 14.7 Å². The molecule has 2 N–H and O–H groups in total. The number of aliphatic hydroxyl groups is 1. The minimum Gasteiger partial charge on any atom is -0.391 e. The highest BCUT2D eigenvalue weighted by atomic mass is 16.3. The third-order valence-electron chi connectivity index (χ3n) is 3.55. The second-order valence-electron chi connectivity index (χ2n) is 5.91. The van der Waals surface area contributed by atoms with Crippen molar-refractivity contribution in [2.24, 2.45) is 0 Å². The van der Waals surface area contributed by atoms with E-state index in [0.717, 1.165) is 6.54 Å². The highest BCUT2D eigenvalue weighted by molar-refractivity contribution is 5.86. The number of likely N-dealkylation sites (tertiary alicyclic amines) is 1. The molecular formula is C14H27N3O3. The molecule has 1 saturated heterocycles. The first-order valence-electron chi connectivity index (χ1n) is 7.29. The maximum atomic E-state index is 11.8. The normalized spacial score (nSPS) is 19.5. The molecule has 6 heteroatoms. The lowest BCUT2D eigenvalue weighted by Crippen LogP contribution is -2.44. The van der Waals surface area contributed by atoms with E-state index >= 15 is 0 Å². The SMILES string of the molecule is CC(C)N(CCNC(=O)CN1C[C@H](O)CC1=O)C(C)C. The Morgan fingerprint density at radius 2 is 2.00 bits per heavy atom. The predicted octanol–water partition coefficient (Wildman–Crippen LogP) is -0.185. The first-order chi connectivity index (χ1) is 9.31. The van der Waals surface area contributed by atoms with Gasteiger partial charge in [-0.1, -0.05) is 0 Å². The number of hydrogen-bond acceptors (Lipinski definition) is 4. The number of rotatable bonds is 7. The molecular weight excluding hydrogens is 258 g/mol. The molecule has 1 aliphatic rings. The molecule has 0 saturated carbocycles. The molecule has 1 rings (SSSR count). The van der Waals surface area contributed by atoms with Gasteiger partial charge in [0.25, 0.3) is 0 Å². The summed E-state index contributed by atoms with van der Waals surface area (Å²) in [4.78, 5) is 26.9. The van der Waals surface area contributed by atoms with Crippen LogP contribution in [0.25, 0.3) is 0 Å². The van der Waals surface area contributed by atoms with Crippen molar-refractivity contribution in [2.45, 2.75) is 52.3 Å². The fourth-order valence-corrected chi connectivity index (χ4v) is 2.57. The largest absolute Gasteiger partial charge is 0.391 e. The zero-order valence-corrected chi connectivity index (χ0v) is 12.9. The van der Waals surface area contributed by atoms with E-state index in [0.29, 0.717) is 18.6 Å². The Kier molecular flexibility index (Phi) is 6.42. The molecule has 0 radical (unpaired) electrons. The minimum atomic E-state index is -0.632. The molecule has 0 aromatic rings. The lowest BCUT2D eigenvalue weighted by molar-refractivity contribution is -0.133. The molecule has 0 aromatic heterocycles. The first kappa shape index (κ1) is 16.9. The zero-order valence-electron chi connectivity index (χ0n) is 12.9. The molecule has 0 spiro atoms. The van der Waals surface area contributed by atoms with Crippen LogP contribution in [0.4, 0.5) is 0 Å². The van der Waals surface area contributed by atoms with Crippen LogP contribution >= 0.6 is 0 Å². The zero-order chi connectivity index (χ0) is 15.3. The molecule has 1 heterocycles. The molecule has 0 bridgehead atoms. The van der Waals surface area contributed by atoms with Crippen molar-refractivity contribution in [3.05, 3.63) is 0 Å². The highest BCUT2D eigenvalue weighted by Crippen LogP contribution is 2.09. The van der Waals surface area contributed by atoms with E-state index < -0.39 is 6.10 Å². The van der Waals surface area contributed by atoms with Gasteiger partial charge >= 0.3 is 0 Å². The summed E-state index contributed by atoms with van der Waals surface area (Å²) in [7, 11) is 0. The Labute approximate surface area is 121 Å². The van der Waals surface area contributed by atoms with E-state index in [1.54, 1.807) is 0 Å². The molecule has 0 aliphatic carbocycles. The van der Waals surface area contributed by atoms with E-state index in [1.807, 2.05) is 0 Å². The van der Waals surface area contributed by atoms with E-state index in [-0.39, 0.29) is 31.3 Å². The van der Waals surface area contributed by atoms with Crippen LogP contribution in [0.5, 0.6) is 0 Å². The van der Waals surface area contributed by atoms with Gasteiger partial charge in [-0.2, -0.15) is 0 Å². The van der Waals surface area contributed by atoms with Crippen LogP contribution < -0.4 is 5.32 Å². The molecule has 2 amide bonds. The molecule has 116 valence electrons. The fourth-order valence-electron chi connectivity index (χ4n) is 2.57. The number of carbonyl (C=O) groups excluding carboxylic acids is 2. The second kappa shape index (κ2) is 7.59. The van der Waals surface area contributed by atoms with Gasteiger partial charge < -0.3 is 15.3 Å². The van der Waals surface area contributed by atoms with Gasteiger partial charge in [-0.15, -0.1) is 0 Å². The van der Waals surface area contributed by atoms with Crippen LogP contribution in [0.3, 0.4) is 0 Å². The van der Waals surface area contributed by atoms with E-state index in [2.05, 4.69) is 37.9 Å². The lowest BCUT2D eigenvalue weighted by Gasteiger charge is -2.30. The van der Waals surface area contributed by atoms with Gasteiger partial charge in [0.1, 0.15) is 0 Å². The predicted molar refractivity (Wildman–Crippen MR) is 77.2 cm³/mol. The first-order valence-corrected chi connectivity index (χ1v) is 7.29. The summed E-state index contributed by atoms with van der Waals surface area (Å²) in [6.45, 7) is 10.2. The van der Waals surface area contributed by atoms with Crippen molar-refractivity contribution >= 4 is 11.8 Å². The summed E-state index contributed by atoms with van der Waals surface area (Å²) in [5, 5.41) is 12.2. The summed E-state index contributed by atoms with van der Waals surface area (Å²) in [6.07, 6.45) is -0.505. The summed E-state index contributed by atoms with van der Waals surface area (Å²) in [6, 6.07) is 0.865. The fraction of sp³-hybridized carbons (Fsp3) is 0.857. The standard InChI is InChI=1S/C14H27N3O3/c1-10(2)17(11(3)4)6-5-15-13(19)9-16-8-12(18)7-14(16)20/h10-12,18H,5-9H2,1-4H3,(H,15,19)/t12-/m1/s1. The summed E-state index contributed by atoms with van der Waals surface area (Å²) < 4.78 is 0. The van der Waals surface area contributed by atoms with Crippen molar-refractivity contribution in [2.75, 3.05) is 26.2 Å². The maximum Gasteiger partial charge on any atom is 0.239 e. The molecule has 6 nitrogen and oxygen atoms in total. The molecule has 1 atom stereocenters. The number of β-amino-alcohol motifs (C(OH)–C–C–N with tert-alkyl or cyclic N) is 1. The van der Waals surface area contributed by atoms with Crippen LogP contribution in [0, 0.1) is 0 Å². The Hall–Kier alpha value is -1.14. The van der Waals surface area contributed by atoms with Gasteiger partial charge in [-0.05, 0) is 27.7 Å². The van der Waals surface area contributed by atoms with Crippen molar-refractivity contribution < 1.29 is 14.7 Å². The number of nitrogens with one attached hydrogen (secondary N) is 1. The van der Waals surface area contributed by atoms with E-state index in [4.69, 9.17) is 0 Å². The third kappa shape index (κ3) is 5.09. The van der Waals surface area contributed by atoms with Crippen LogP contribution in [0.15, 0.2) is 0 Å². The highest BCUT2D eigenvalue weighted by Gasteiger charge is 2.29. The number of hydrogen-bond donors (Lipinski definition) is 2. The minimum absolute atomic E-state index is 0.0409. The van der Waals surface area contributed by atoms with Gasteiger partial charge in [-0.25, -0.2) is 0 Å². The number of amides is 2. The Morgan fingerprint density at radius 3 is 2.45 bits per heavy atom. The molecule has 0 aromatic carbocycles. The molecule has 1 fully saturated rings. The van der Waals surface area contributed by atoms with Crippen LogP contribution in [-0.2, 0) is 9.59 Å². The van der Waals surface area contributed by atoms with Crippen molar-refractivity contribution in [3.8, 4) is 0 Å². The topological polar surface area (TPSA) is 72.9 Å². The summed E-state index contributed by atoms with van der Waals surface area (Å²) >= 11 is 0. The maximum absolute atomic E-state index is 11.8. The number of aliphatic hydroxyl groups excluding tert-OH is 1. The van der Waals surface area contributed by atoms with Crippen molar-refractivity contribution in [3.63, 3.8) is 0 Å². The van der Waals surface area contributed by atoms with Crippen LogP contribution in [0.2, 0.25) is 0 Å². The average Bonchev–Trinajstić information content (AvgIpc) is 2.62. The summed E-state index contributed by atoms with van der Waals surface area (Å²) in [5.41, 5.74) is 0. The molecule has 20 heavy (non-hydrogen) atoms. The summed E-state index contributed by atoms with van der Waals surface area (Å²) in [5.74, 6) is -0.321. The van der Waals surface area contributed by atoms with Crippen molar-refractivity contribution in [1.82, 2.24) is 15.1 Å². The Morgan fingerprint density at radius 1 is 1.40 bits per heavy atom. The van der Waals surface area contributed by atoms with Gasteiger partial charge in [0.05, 0.1) is 19.1 Å². The molecule has 0 unspecified atom stereocenters. The van der Waals surface area contributed by atoms with Gasteiger partial charge in [0, 0.05) is 31.7 Å².